The minimum Gasteiger partial charge on any atom is -0.460 e. The topological polar surface area (TPSA) is 149 Å². The van der Waals surface area contributed by atoms with Gasteiger partial charge in [-0.05, 0) is 93.0 Å². The molecule has 4 atom stereocenters. The number of rotatable bonds is 19. The summed E-state index contributed by atoms with van der Waals surface area (Å²) in [5.74, 6) is -2.49. The van der Waals surface area contributed by atoms with Crippen LogP contribution in [0.15, 0.2) is 35.9 Å². The molecule has 0 bridgehead atoms. The van der Waals surface area contributed by atoms with Crippen molar-refractivity contribution >= 4 is 46.3 Å². The van der Waals surface area contributed by atoms with Crippen LogP contribution in [0, 0.1) is 3.57 Å². The van der Waals surface area contributed by atoms with E-state index in [0.717, 1.165) is 42.1 Å². The fraction of sp³-hybridized carbons (Fsp3) is 0.676. The maximum atomic E-state index is 13.4. The lowest BCUT2D eigenvalue weighted by Gasteiger charge is -2.31. The van der Waals surface area contributed by atoms with E-state index in [1.807, 2.05) is 12.1 Å². The lowest BCUT2D eigenvalue weighted by Crippen LogP contribution is -2.44. The summed E-state index contributed by atoms with van der Waals surface area (Å²) in [6.45, 7) is 9.32. The predicted octanol–water partition coefficient (Wildman–Crippen LogP) is 5.89. The molecule has 0 saturated carbocycles. The molecule has 2 amide bonds. The van der Waals surface area contributed by atoms with E-state index in [4.69, 9.17) is 18.9 Å². The highest BCUT2D eigenvalue weighted by Gasteiger charge is 2.52. The predicted molar refractivity (Wildman–Crippen MR) is 194 cm³/mol. The van der Waals surface area contributed by atoms with Crippen molar-refractivity contribution in [3.8, 4) is 0 Å². The van der Waals surface area contributed by atoms with Gasteiger partial charge in [-0.3, -0.25) is 14.4 Å². The number of halogens is 1. The molecule has 0 spiro atoms. The Bertz CT molecular complexity index is 1270. The summed E-state index contributed by atoms with van der Waals surface area (Å²) in [6.07, 6.45) is 7.77. The smallest absolute Gasteiger partial charge is 0.338 e. The van der Waals surface area contributed by atoms with Gasteiger partial charge >= 0.3 is 11.9 Å². The molecule has 1 aliphatic heterocycles. The number of unbranched alkanes of at least 4 members (excludes halogenated alkanes) is 4. The molecule has 274 valence electrons. The van der Waals surface area contributed by atoms with Crippen LogP contribution in [0.4, 0.5) is 0 Å². The minimum atomic E-state index is -0.819. The number of benzene rings is 1. The Morgan fingerprint density at radius 1 is 1.00 bits per heavy atom. The van der Waals surface area contributed by atoms with E-state index < -0.39 is 47.7 Å². The van der Waals surface area contributed by atoms with Gasteiger partial charge < -0.3 is 34.7 Å². The Labute approximate surface area is 304 Å². The fourth-order valence-corrected chi connectivity index (χ4v) is 6.35. The standard InChI is InChI=1S/C37H55IN2O9/c1-6-8-10-19-37(20-11-9-7-2)47-30-23-26(22-29(33(30)49-37)46-35(45)25-12-14-27(38)15-13-25)34(44)39-21-18-31(42)40-28(24-41)16-17-32(43)48-36(3,4)5/h12-15,23,28-30,33,41H,6-11,16-22,24H2,1-5H3,(H,39,44)(H,40,42)/t28-,29+,30+,33-/m0/s1. The summed E-state index contributed by atoms with van der Waals surface area (Å²) in [7, 11) is 0. The third kappa shape index (κ3) is 13.6. The molecule has 1 aromatic rings. The zero-order valence-electron chi connectivity index (χ0n) is 29.7. The first-order valence-corrected chi connectivity index (χ1v) is 18.8. The van der Waals surface area contributed by atoms with E-state index in [-0.39, 0.29) is 50.6 Å². The average Bonchev–Trinajstić information content (AvgIpc) is 3.41. The summed E-state index contributed by atoms with van der Waals surface area (Å²) < 4.78 is 25.6. The Balaban J connectivity index is 1.67. The molecule has 0 aromatic heterocycles. The lowest BCUT2D eigenvalue weighted by atomic mass is 9.91. The minimum absolute atomic E-state index is 0.0309. The molecule has 1 fully saturated rings. The second-order valence-corrected chi connectivity index (χ2v) is 15.2. The SMILES string of the molecule is CCCCCC1(CCCCC)O[C@@H]2[C@@H](C=C(C(=O)NCCC(=O)N[C@H](CO)CCC(=O)OC(C)(C)C)C[C@H]2OC(=O)c2ccc(I)cc2)O1. The van der Waals surface area contributed by atoms with Crippen molar-refractivity contribution in [3.63, 3.8) is 0 Å². The highest BCUT2D eigenvalue weighted by atomic mass is 127. The second kappa shape index (κ2) is 19.7. The molecule has 1 saturated heterocycles. The molecule has 1 aliphatic carbocycles. The molecule has 0 radical (unpaired) electrons. The summed E-state index contributed by atoms with van der Waals surface area (Å²) in [4.78, 5) is 51.3. The molecule has 0 unspecified atom stereocenters. The van der Waals surface area contributed by atoms with Crippen molar-refractivity contribution in [2.75, 3.05) is 13.2 Å². The fourth-order valence-electron chi connectivity index (χ4n) is 5.99. The Kier molecular flexibility index (Phi) is 16.5. The number of aliphatic hydroxyl groups is 1. The summed E-state index contributed by atoms with van der Waals surface area (Å²) >= 11 is 2.17. The van der Waals surface area contributed by atoms with Gasteiger partial charge in [0.1, 0.15) is 23.9 Å². The van der Waals surface area contributed by atoms with Gasteiger partial charge in [0.05, 0.1) is 18.2 Å². The third-order valence-electron chi connectivity index (χ3n) is 8.47. The average molecular weight is 799 g/mol. The van der Waals surface area contributed by atoms with Crippen LogP contribution in [0.1, 0.15) is 122 Å². The zero-order chi connectivity index (χ0) is 36.0. The second-order valence-electron chi connectivity index (χ2n) is 13.9. The largest absolute Gasteiger partial charge is 0.460 e. The summed E-state index contributed by atoms with van der Waals surface area (Å²) in [6, 6.07) is 6.47. The molecule has 1 heterocycles. The van der Waals surface area contributed by atoms with Crippen molar-refractivity contribution in [1.29, 1.82) is 0 Å². The van der Waals surface area contributed by atoms with E-state index in [1.54, 1.807) is 39.0 Å². The number of ether oxygens (including phenoxy) is 4. The van der Waals surface area contributed by atoms with Crippen LogP contribution in [0.5, 0.6) is 0 Å². The van der Waals surface area contributed by atoms with Crippen molar-refractivity contribution < 1.29 is 43.2 Å². The van der Waals surface area contributed by atoms with Crippen LogP contribution in [-0.2, 0) is 33.3 Å². The first-order valence-electron chi connectivity index (χ1n) is 17.7. The van der Waals surface area contributed by atoms with Crippen LogP contribution in [0.3, 0.4) is 0 Å². The van der Waals surface area contributed by atoms with Crippen LogP contribution in [0.2, 0.25) is 0 Å². The van der Waals surface area contributed by atoms with Gasteiger partial charge in [0, 0.05) is 47.8 Å². The molecule has 12 heteroatoms. The van der Waals surface area contributed by atoms with E-state index in [0.29, 0.717) is 24.0 Å². The van der Waals surface area contributed by atoms with Gasteiger partial charge in [0.25, 0.3) is 0 Å². The molecular weight excluding hydrogens is 743 g/mol. The number of esters is 2. The van der Waals surface area contributed by atoms with Crippen LogP contribution in [0.25, 0.3) is 0 Å². The van der Waals surface area contributed by atoms with Crippen molar-refractivity contribution in [2.24, 2.45) is 0 Å². The molecule has 2 aliphatic rings. The van der Waals surface area contributed by atoms with E-state index >= 15 is 0 Å². The maximum absolute atomic E-state index is 13.4. The normalized spacial score (nSPS) is 20.5. The van der Waals surface area contributed by atoms with E-state index in [9.17, 15) is 24.3 Å². The highest BCUT2D eigenvalue weighted by Crippen LogP contribution is 2.43. The van der Waals surface area contributed by atoms with Gasteiger partial charge in [-0.2, -0.15) is 0 Å². The highest BCUT2D eigenvalue weighted by molar-refractivity contribution is 14.1. The number of fused-ring (bicyclic) bond motifs is 1. The Morgan fingerprint density at radius 3 is 2.24 bits per heavy atom. The van der Waals surface area contributed by atoms with Crippen molar-refractivity contribution in [1.82, 2.24) is 10.6 Å². The number of carbonyl (C=O) groups is 4. The molecule has 3 N–H and O–H groups in total. The molecule has 49 heavy (non-hydrogen) atoms. The Morgan fingerprint density at radius 2 is 1.65 bits per heavy atom. The van der Waals surface area contributed by atoms with Gasteiger partial charge in [-0.25, -0.2) is 4.79 Å². The summed E-state index contributed by atoms with van der Waals surface area (Å²) in [5.41, 5.74) is 0.189. The summed E-state index contributed by atoms with van der Waals surface area (Å²) in [5, 5.41) is 15.2. The monoisotopic (exact) mass is 798 g/mol. The molecular formula is C37H55IN2O9. The lowest BCUT2D eigenvalue weighted by molar-refractivity contribution is -0.190. The number of amides is 2. The van der Waals surface area contributed by atoms with E-state index in [2.05, 4.69) is 47.1 Å². The first-order chi connectivity index (χ1) is 23.3. The zero-order valence-corrected chi connectivity index (χ0v) is 31.8. The molecule has 11 nitrogen and oxygen atoms in total. The number of aliphatic hydroxyl groups excluding tert-OH is 1. The first kappa shape index (κ1) is 40.9. The van der Waals surface area contributed by atoms with Crippen molar-refractivity contribution in [2.45, 2.75) is 147 Å². The van der Waals surface area contributed by atoms with Gasteiger partial charge in [-0.15, -0.1) is 0 Å². The number of carbonyl (C=O) groups excluding carboxylic acids is 4. The number of hydrogen-bond donors (Lipinski definition) is 3. The van der Waals surface area contributed by atoms with Crippen LogP contribution < -0.4 is 10.6 Å². The number of nitrogens with one attached hydrogen (secondary N) is 2. The number of hydrogen-bond acceptors (Lipinski definition) is 9. The molecule has 1 aromatic carbocycles. The van der Waals surface area contributed by atoms with Crippen molar-refractivity contribution in [3.05, 3.63) is 45.0 Å². The van der Waals surface area contributed by atoms with Gasteiger partial charge in [0.15, 0.2) is 5.79 Å². The van der Waals surface area contributed by atoms with Crippen LogP contribution in [-0.4, -0.2) is 77.8 Å². The van der Waals surface area contributed by atoms with E-state index in [1.165, 1.54) is 0 Å². The molecule has 3 rings (SSSR count). The van der Waals surface area contributed by atoms with Gasteiger partial charge in [-0.1, -0.05) is 39.5 Å². The van der Waals surface area contributed by atoms with Gasteiger partial charge in [0.2, 0.25) is 11.8 Å². The third-order valence-corrected chi connectivity index (χ3v) is 9.19. The quantitative estimate of drug-likeness (QED) is 0.0885. The Hall–Kier alpha value is -2.55. The van der Waals surface area contributed by atoms with Crippen LogP contribution >= 0.6 is 22.6 Å². The maximum Gasteiger partial charge on any atom is 0.338 e.